The number of aliphatic hydroxyl groups excluding tert-OH is 5. The van der Waals surface area contributed by atoms with Crippen LogP contribution in [-0.2, 0) is 32.7 Å². The lowest BCUT2D eigenvalue weighted by molar-refractivity contribution is -0.220. The summed E-state index contributed by atoms with van der Waals surface area (Å²) >= 11 is 0. The Morgan fingerprint density at radius 2 is 0.608 bits per heavy atom. The lowest BCUT2D eigenvalue weighted by atomic mass is 9.85. The van der Waals surface area contributed by atoms with Crippen molar-refractivity contribution in [2.75, 3.05) is 13.2 Å². The summed E-state index contributed by atoms with van der Waals surface area (Å²) in [5.74, 6) is -1.07. The van der Waals surface area contributed by atoms with Gasteiger partial charge in [-0.25, -0.2) is 4.57 Å². The van der Waals surface area contributed by atoms with Crippen molar-refractivity contribution in [1.82, 2.24) is 0 Å². The fraction of sp³-hybridized carbons (Fsp3) is 0.967. The molecule has 1 saturated carbocycles. The molecule has 1 aliphatic rings. The van der Waals surface area contributed by atoms with Gasteiger partial charge in [0.1, 0.15) is 43.2 Å². The Kier molecular flexibility index (Phi) is 48.0. The minimum atomic E-state index is -5.12. The lowest BCUT2D eigenvalue weighted by Crippen LogP contribution is -2.64. The fourth-order valence-corrected chi connectivity index (χ4v) is 11.2. The second-order valence-corrected chi connectivity index (χ2v) is 23.7. The number of phosphoric acid groups is 1. The van der Waals surface area contributed by atoms with Gasteiger partial charge in [0.05, 0.1) is 6.61 Å². The maximum atomic E-state index is 12.9. The number of rotatable bonds is 55. The summed E-state index contributed by atoms with van der Waals surface area (Å²) in [5.41, 5.74) is 0. The maximum Gasteiger partial charge on any atom is 0.472 e. The van der Waals surface area contributed by atoms with Crippen LogP contribution in [0.1, 0.15) is 316 Å². The van der Waals surface area contributed by atoms with Crippen LogP contribution >= 0.6 is 7.82 Å². The van der Waals surface area contributed by atoms with Gasteiger partial charge in [-0.15, -0.1) is 0 Å². The summed E-state index contributed by atoms with van der Waals surface area (Å²) in [4.78, 5) is 36.0. The standard InChI is InChI=1S/C60H117O13P/c1-3-5-7-9-11-13-15-17-19-21-23-25-26-27-29-31-33-35-37-39-41-43-45-47-49-54(62)72-52(51-71-74(68,69)73-60-58(66)56(64)55(63)57(65)59(60)67)50-70-53(61)48-46-44-42-40-38-36-34-32-30-28-24-22-20-18-16-14-12-10-8-6-4-2/h52,55-60,63-67H,3-51H2,1-2H3,(H,68,69). The van der Waals surface area contributed by atoms with Crippen LogP contribution in [0.3, 0.4) is 0 Å². The zero-order valence-electron chi connectivity index (χ0n) is 47.7. The van der Waals surface area contributed by atoms with Gasteiger partial charge >= 0.3 is 19.8 Å². The number of hydrogen-bond acceptors (Lipinski definition) is 12. The van der Waals surface area contributed by atoms with Gasteiger partial charge in [0.2, 0.25) is 0 Å². The second-order valence-electron chi connectivity index (χ2n) is 22.3. The number of hydrogen-bond donors (Lipinski definition) is 6. The molecule has 0 aromatic carbocycles. The number of unbranched alkanes of at least 4 members (excludes halogenated alkanes) is 43. The van der Waals surface area contributed by atoms with E-state index in [-0.39, 0.29) is 12.8 Å². The van der Waals surface area contributed by atoms with E-state index >= 15 is 0 Å². The molecule has 1 aliphatic carbocycles. The molecule has 6 unspecified atom stereocenters. The smallest absolute Gasteiger partial charge is 0.462 e. The SMILES string of the molecule is CCCCCCCCCCCCCCCCCCCCCCCCCCC(=O)OC(COC(=O)CCCCCCCCCCCCCCCCCCCCCCC)COP(=O)(O)OC1C(O)C(O)C(O)C(O)C1O. The average molecular weight is 1080 g/mol. The summed E-state index contributed by atoms with van der Waals surface area (Å²) in [6, 6.07) is 0. The van der Waals surface area contributed by atoms with Crippen LogP contribution in [0.4, 0.5) is 0 Å². The molecule has 440 valence electrons. The van der Waals surface area contributed by atoms with Gasteiger partial charge in [-0.1, -0.05) is 290 Å². The van der Waals surface area contributed by atoms with Crippen molar-refractivity contribution in [2.24, 2.45) is 0 Å². The number of esters is 2. The maximum absolute atomic E-state index is 12.9. The van der Waals surface area contributed by atoms with Crippen molar-refractivity contribution in [3.05, 3.63) is 0 Å². The van der Waals surface area contributed by atoms with Gasteiger partial charge in [0, 0.05) is 12.8 Å². The molecule has 14 heteroatoms. The van der Waals surface area contributed by atoms with Gasteiger partial charge in [-0.05, 0) is 12.8 Å². The average Bonchev–Trinajstić information content (AvgIpc) is 3.38. The van der Waals surface area contributed by atoms with Crippen LogP contribution in [0.5, 0.6) is 0 Å². The van der Waals surface area contributed by atoms with E-state index in [1.165, 1.54) is 238 Å². The number of carbonyl (C=O) groups excluding carboxylic acids is 2. The molecule has 0 amide bonds. The van der Waals surface area contributed by atoms with E-state index in [1.807, 2.05) is 0 Å². The Morgan fingerprint density at radius 3 is 0.892 bits per heavy atom. The van der Waals surface area contributed by atoms with Crippen molar-refractivity contribution in [3.8, 4) is 0 Å². The molecule has 0 aromatic rings. The van der Waals surface area contributed by atoms with Crippen molar-refractivity contribution >= 4 is 19.8 Å². The third-order valence-corrected chi connectivity index (χ3v) is 16.2. The third kappa shape index (κ3) is 41.0. The molecule has 13 nitrogen and oxygen atoms in total. The van der Waals surface area contributed by atoms with Crippen LogP contribution < -0.4 is 0 Å². The molecule has 1 rings (SSSR count). The molecule has 6 atom stereocenters. The monoisotopic (exact) mass is 1080 g/mol. The van der Waals surface area contributed by atoms with Gasteiger partial charge < -0.3 is 39.9 Å². The first-order valence-electron chi connectivity index (χ1n) is 31.3. The topological polar surface area (TPSA) is 210 Å². The fourth-order valence-electron chi connectivity index (χ4n) is 10.2. The van der Waals surface area contributed by atoms with Crippen molar-refractivity contribution in [1.29, 1.82) is 0 Å². The molecule has 0 spiro atoms. The number of aliphatic hydroxyl groups is 5. The molecular formula is C60H117O13P. The molecule has 0 aliphatic heterocycles. The predicted octanol–water partition coefficient (Wildman–Crippen LogP) is 15.1. The third-order valence-electron chi connectivity index (χ3n) is 15.2. The quantitative estimate of drug-likeness (QED) is 0.0190. The summed E-state index contributed by atoms with van der Waals surface area (Å²) in [7, 11) is -5.12. The van der Waals surface area contributed by atoms with Gasteiger partial charge in [0.15, 0.2) is 6.10 Å². The predicted molar refractivity (Wildman–Crippen MR) is 300 cm³/mol. The number of ether oxygens (including phenoxy) is 2. The first kappa shape index (κ1) is 70.9. The molecule has 0 heterocycles. The van der Waals surface area contributed by atoms with Crippen molar-refractivity contribution < 1.29 is 63.1 Å². The van der Waals surface area contributed by atoms with Crippen molar-refractivity contribution in [3.63, 3.8) is 0 Å². The Bertz CT molecular complexity index is 1290. The van der Waals surface area contributed by atoms with Gasteiger partial charge in [0.25, 0.3) is 0 Å². The highest BCUT2D eigenvalue weighted by atomic mass is 31.2. The van der Waals surface area contributed by atoms with E-state index in [4.69, 9.17) is 18.5 Å². The van der Waals surface area contributed by atoms with Crippen LogP contribution in [0.25, 0.3) is 0 Å². The molecule has 0 bridgehead atoms. The van der Waals surface area contributed by atoms with E-state index in [2.05, 4.69) is 13.8 Å². The summed E-state index contributed by atoms with van der Waals surface area (Å²) in [6.07, 6.45) is 44.4. The molecule has 0 saturated heterocycles. The summed E-state index contributed by atoms with van der Waals surface area (Å²) < 4.78 is 33.8. The zero-order chi connectivity index (χ0) is 54.2. The highest BCUT2D eigenvalue weighted by Gasteiger charge is 2.51. The van der Waals surface area contributed by atoms with E-state index in [0.29, 0.717) is 12.8 Å². The first-order chi connectivity index (χ1) is 35.9. The van der Waals surface area contributed by atoms with E-state index < -0.39 is 75.7 Å². The van der Waals surface area contributed by atoms with Crippen LogP contribution in [0, 0.1) is 0 Å². The lowest BCUT2D eigenvalue weighted by Gasteiger charge is -2.41. The van der Waals surface area contributed by atoms with Gasteiger partial charge in [-0.2, -0.15) is 0 Å². The van der Waals surface area contributed by atoms with Crippen molar-refractivity contribution in [2.45, 2.75) is 358 Å². The van der Waals surface area contributed by atoms with Crippen LogP contribution in [-0.4, -0.2) is 98.3 Å². The molecular weight excluding hydrogens is 960 g/mol. The first-order valence-corrected chi connectivity index (χ1v) is 32.8. The van der Waals surface area contributed by atoms with E-state index in [0.717, 1.165) is 38.5 Å². The summed E-state index contributed by atoms with van der Waals surface area (Å²) in [5, 5.41) is 50.5. The highest BCUT2D eigenvalue weighted by Crippen LogP contribution is 2.47. The second kappa shape index (κ2) is 50.1. The molecule has 0 aromatic heterocycles. The molecule has 74 heavy (non-hydrogen) atoms. The molecule has 6 N–H and O–H groups in total. The Morgan fingerprint density at radius 1 is 0.365 bits per heavy atom. The summed E-state index contributed by atoms with van der Waals surface area (Å²) in [6.45, 7) is 3.39. The molecule has 1 fully saturated rings. The Balaban J connectivity index is 2.27. The molecule has 0 radical (unpaired) electrons. The van der Waals surface area contributed by atoms with E-state index in [1.54, 1.807) is 0 Å². The normalized spacial score (nSPS) is 20.2. The van der Waals surface area contributed by atoms with Crippen LogP contribution in [0.15, 0.2) is 0 Å². The minimum Gasteiger partial charge on any atom is -0.462 e. The highest BCUT2D eigenvalue weighted by molar-refractivity contribution is 7.47. The zero-order valence-corrected chi connectivity index (χ0v) is 48.6. The minimum absolute atomic E-state index is 0.106. The van der Waals surface area contributed by atoms with E-state index in [9.17, 15) is 44.6 Å². The Labute approximate surface area is 452 Å². The largest absolute Gasteiger partial charge is 0.472 e. The number of carbonyl (C=O) groups is 2. The van der Waals surface area contributed by atoms with Gasteiger partial charge in [-0.3, -0.25) is 18.6 Å². The number of phosphoric ester groups is 1. The Hall–Kier alpha value is -1.15. The van der Waals surface area contributed by atoms with Crippen LogP contribution in [0.2, 0.25) is 0 Å².